The van der Waals surface area contributed by atoms with Crippen molar-refractivity contribution in [1.29, 1.82) is 0 Å². The highest BCUT2D eigenvalue weighted by molar-refractivity contribution is 6.00. The van der Waals surface area contributed by atoms with Crippen molar-refractivity contribution in [2.24, 2.45) is 5.73 Å². The molecule has 1 aliphatic heterocycles. The summed E-state index contributed by atoms with van der Waals surface area (Å²) in [5, 5.41) is 7.57. The van der Waals surface area contributed by atoms with Crippen LogP contribution in [0.4, 0.5) is 5.69 Å². The minimum Gasteiger partial charge on any atom is -0.342 e. The lowest BCUT2D eigenvalue weighted by Crippen LogP contribution is -2.52. The van der Waals surface area contributed by atoms with E-state index in [-0.39, 0.29) is 25.0 Å². The predicted octanol–water partition coefficient (Wildman–Crippen LogP) is 2.27. The van der Waals surface area contributed by atoms with Crippen LogP contribution in [0.3, 0.4) is 0 Å². The molecule has 1 heterocycles. The molecule has 0 fully saturated rings. The first-order valence-corrected chi connectivity index (χ1v) is 11.2. The molecule has 0 aromatic heterocycles. The lowest BCUT2D eigenvalue weighted by atomic mass is 10.0. The first kappa shape index (κ1) is 22.5. The molecule has 3 amide bonds. The molecule has 1 atom stereocenters. The molecule has 7 nitrogen and oxygen atoms in total. The summed E-state index contributed by atoms with van der Waals surface area (Å²) in [6.45, 7) is -0.166. The van der Waals surface area contributed by atoms with E-state index in [4.69, 9.17) is 5.73 Å². The summed E-state index contributed by atoms with van der Waals surface area (Å²) in [6, 6.07) is 20.8. The van der Waals surface area contributed by atoms with E-state index in [1.54, 1.807) is 0 Å². The lowest BCUT2D eigenvalue weighted by Gasteiger charge is -2.24. The number of aryl methyl sites for hydroxylation is 1. The SMILES string of the molecule is NCNC(=O)[C@@H](Cc1ccc2ccccc2c1)NC(=O)CN1C(=O)CCCc2ccccc21. The summed E-state index contributed by atoms with van der Waals surface area (Å²) >= 11 is 0. The van der Waals surface area contributed by atoms with Crippen molar-refractivity contribution in [2.45, 2.75) is 31.7 Å². The van der Waals surface area contributed by atoms with Crippen LogP contribution in [0, 0.1) is 0 Å². The molecule has 170 valence electrons. The minimum absolute atomic E-state index is 0.0269. The quantitative estimate of drug-likeness (QED) is 0.486. The van der Waals surface area contributed by atoms with Gasteiger partial charge in [-0.25, -0.2) is 0 Å². The molecule has 4 rings (SSSR count). The highest BCUT2D eigenvalue weighted by Crippen LogP contribution is 2.26. The van der Waals surface area contributed by atoms with Gasteiger partial charge in [0, 0.05) is 18.5 Å². The number of anilines is 1. The van der Waals surface area contributed by atoms with Gasteiger partial charge in [-0.2, -0.15) is 0 Å². The smallest absolute Gasteiger partial charge is 0.243 e. The fraction of sp³-hybridized carbons (Fsp3) is 0.269. The molecule has 0 saturated heterocycles. The van der Waals surface area contributed by atoms with Gasteiger partial charge in [0.05, 0.1) is 6.67 Å². The number of amides is 3. The van der Waals surface area contributed by atoms with E-state index in [1.807, 2.05) is 66.7 Å². The van der Waals surface area contributed by atoms with Gasteiger partial charge >= 0.3 is 0 Å². The summed E-state index contributed by atoms with van der Waals surface area (Å²) in [5.41, 5.74) is 8.23. The van der Waals surface area contributed by atoms with Crippen LogP contribution in [0.5, 0.6) is 0 Å². The van der Waals surface area contributed by atoms with Crippen molar-refractivity contribution < 1.29 is 14.4 Å². The van der Waals surface area contributed by atoms with E-state index in [0.29, 0.717) is 12.8 Å². The Morgan fingerprint density at radius 2 is 1.73 bits per heavy atom. The van der Waals surface area contributed by atoms with Crippen LogP contribution in [0.25, 0.3) is 10.8 Å². The third kappa shape index (κ3) is 5.38. The van der Waals surface area contributed by atoms with E-state index < -0.39 is 11.9 Å². The van der Waals surface area contributed by atoms with Crippen LogP contribution in [0.2, 0.25) is 0 Å². The van der Waals surface area contributed by atoms with Gasteiger partial charge in [0.1, 0.15) is 12.6 Å². The van der Waals surface area contributed by atoms with E-state index in [1.165, 1.54) is 4.90 Å². The second-order valence-corrected chi connectivity index (χ2v) is 8.21. The number of carbonyl (C=O) groups is 3. The largest absolute Gasteiger partial charge is 0.342 e. The molecule has 0 radical (unpaired) electrons. The summed E-state index contributed by atoms with van der Waals surface area (Å²) in [6.07, 6.45) is 2.24. The number of carbonyl (C=O) groups excluding carboxylic acids is 3. The topological polar surface area (TPSA) is 105 Å². The Labute approximate surface area is 192 Å². The molecule has 3 aromatic carbocycles. The van der Waals surface area contributed by atoms with E-state index in [9.17, 15) is 14.4 Å². The van der Waals surface area contributed by atoms with Crippen molar-refractivity contribution in [1.82, 2.24) is 10.6 Å². The van der Waals surface area contributed by atoms with E-state index >= 15 is 0 Å². The third-order valence-electron chi connectivity index (χ3n) is 5.90. The number of hydrogen-bond acceptors (Lipinski definition) is 4. The zero-order valence-electron chi connectivity index (χ0n) is 18.4. The van der Waals surface area contributed by atoms with Gasteiger partial charge in [-0.05, 0) is 40.8 Å². The fourth-order valence-corrected chi connectivity index (χ4v) is 4.28. The molecule has 1 aliphatic rings. The molecule has 7 heteroatoms. The van der Waals surface area contributed by atoms with Crippen LogP contribution < -0.4 is 21.3 Å². The standard InChI is InChI=1S/C26H28N4O3/c27-17-28-26(33)22(15-18-12-13-19-6-1-2-8-21(19)14-18)29-24(31)16-30-23-10-4-3-7-20(23)9-5-11-25(30)32/h1-4,6-8,10,12-14,22H,5,9,11,15-17,27H2,(H,28,33)(H,29,31)/t22-/m1/s1. The van der Waals surface area contributed by atoms with Crippen molar-refractivity contribution >= 4 is 34.2 Å². The number of nitrogens with two attached hydrogens (primary N) is 1. The van der Waals surface area contributed by atoms with Crippen LogP contribution in [-0.4, -0.2) is 37.0 Å². The van der Waals surface area contributed by atoms with Gasteiger partial charge in [0.15, 0.2) is 0 Å². The van der Waals surface area contributed by atoms with Crippen LogP contribution >= 0.6 is 0 Å². The van der Waals surface area contributed by atoms with Gasteiger partial charge in [-0.3, -0.25) is 14.4 Å². The molecule has 3 aromatic rings. The zero-order valence-corrected chi connectivity index (χ0v) is 18.4. The fourth-order valence-electron chi connectivity index (χ4n) is 4.28. The van der Waals surface area contributed by atoms with Crippen LogP contribution in [-0.2, 0) is 27.2 Å². The van der Waals surface area contributed by atoms with Crippen molar-refractivity contribution in [3.63, 3.8) is 0 Å². The molecule has 4 N–H and O–H groups in total. The molecule has 0 aliphatic carbocycles. The molecule has 0 saturated carbocycles. The Balaban J connectivity index is 1.51. The Morgan fingerprint density at radius 3 is 2.55 bits per heavy atom. The Hall–Kier alpha value is -3.71. The Morgan fingerprint density at radius 1 is 0.970 bits per heavy atom. The highest BCUT2D eigenvalue weighted by atomic mass is 16.2. The average Bonchev–Trinajstić information content (AvgIpc) is 2.97. The number of benzene rings is 3. The maximum absolute atomic E-state index is 13.0. The van der Waals surface area contributed by atoms with Crippen LogP contribution in [0.15, 0.2) is 66.7 Å². The molecule has 0 bridgehead atoms. The lowest BCUT2D eigenvalue weighted by molar-refractivity contribution is -0.129. The first-order chi connectivity index (χ1) is 16.0. The third-order valence-corrected chi connectivity index (χ3v) is 5.90. The van der Waals surface area contributed by atoms with Crippen molar-refractivity contribution in [2.75, 3.05) is 18.1 Å². The van der Waals surface area contributed by atoms with Gasteiger partial charge in [0.25, 0.3) is 0 Å². The normalized spacial score (nSPS) is 14.3. The van der Waals surface area contributed by atoms with E-state index in [2.05, 4.69) is 10.6 Å². The molecule has 0 spiro atoms. The first-order valence-electron chi connectivity index (χ1n) is 11.2. The van der Waals surface area contributed by atoms with Gasteiger partial charge < -0.3 is 21.3 Å². The number of nitrogens with zero attached hydrogens (tertiary/aromatic N) is 1. The summed E-state index contributed by atoms with van der Waals surface area (Å²) in [4.78, 5) is 39.9. The monoisotopic (exact) mass is 444 g/mol. The molecular weight excluding hydrogens is 416 g/mol. The summed E-state index contributed by atoms with van der Waals surface area (Å²) < 4.78 is 0. The highest BCUT2D eigenvalue weighted by Gasteiger charge is 2.27. The van der Waals surface area contributed by atoms with Gasteiger partial charge in [0.2, 0.25) is 17.7 Å². The number of fused-ring (bicyclic) bond motifs is 2. The second-order valence-electron chi connectivity index (χ2n) is 8.21. The number of para-hydroxylation sites is 1. The molecule has 0 unspecified atom stereocenters. The van der Waals surface area contributed by atoms with Crippen molar-refractivity contribution in [3.05, 3.63) is 77.9 Å². The Kier molecular flexibility index (Phi) is 7.00. The van der Waals surface area contributed by atoms with Crippen molar-refractivity contribution in [3.8, 4) is 0 Å². The Bertz CT molecular complexity index is 1180. The zero-order chi connectivity index (χ0) is 23.2. The summed E-state index contributed by atoms with van der Waals surface area (Å²) in [7, 11) is 0. The van der Waals surface area contributed by atoms with Gasteiger partial charge in [-0.1, -0.05) is 60.7 Å². The predicted molar refractivity (Wildman–Crippen MR) is 129 cm³/mol. The average molecular weight is 445 g/mol. The number of nitrogens with one attached hydrogen (secondary N) is 2. The number of hydrogen-bond donors (Lipinski definition) is 3. The molecular formula is C26H28N4O3. The summed E-state index contributed by atoms with van der Waals surface area (Å²) in [5.74, 6) is -0.841. The maximum Gasteiger partial charge on any atom is 0.243 e. The maximum atomic E-state index is 13.0. The van der Waals surface area contributed by atoms with E-state index in [0.717, 1.165) is 40.4 Å². The van der Waals surface area contributed by atoms with Gasteiger partial charge in [-0.15, -0.1) is 0 Å². The number of rotatable bonds is 7. The van der Waals surface area contributed by atoms with Crippen LogP contribution in [0.1, 0.15) is 24.0 Å². The minimum atomic E-state index is -0.806. The molecule has 33 heavy (non-hydrogen) atoms. The second kappa shape index (κ2) is 10.3.